The number of carbonyl (C=O) groups is 1. The van der Waals surface area contributed by atoms with Crippen molar-refractivity contribution in [3.63, 3.8) is 0 Å². The number of carbonyl (C=O) groups excluding carboxylic acids is 1. The zero-order valence-electron chi connectivity index (χ0n) is 16.0. The Morgan fingerprint density at radius 2 is 1.93 bits per heavy atom. The van der Waals surface area contributed by atoms with Crippen molar-refractivity contribution in [1.29, 1.82) is 0 Å². The van der Waals surface area contributed by atoms with E-state index in [0.29, 0.717) is 23.0 Å². The lowest BCUT2D eigenvalue weighted by Crippen LogP contribution is -2.20. The predicted octanol–water partition coefficient (Wildman–Crippen LogP) is 4.09. The molecular formula is C20H17F2N5O3. The van der Waals surface area contributed by atoms with E-state index in [1.165, 1.54) is 0 Å². The van der Waals surface area contributed by atoms with Crippen molar-refractivity contribution < 1.29 is 18.3 Å². The molecule has 0 saturated heterocycles. The number of aromatic nitrogens is 4. The van der Waals surface area contributed by atoms with E-state index < -0.39 is 23.3 Å². The summed E-state index contributed by atoms with van der Waals surface area (Å²) in [6.07, 6.45) is -0.179. The monoisotopic (exact) mass is 413 g/mol. The maximum atomic E-state index is 13.8. The third-order valence-corrected chi connectivity index (χ3v) is 4.69. The molecule has 2 aromatic carbocycles. The minimum absolute atomic E-state index is 0.0150. The number of imidazole rings is 1. The van der Waals surface area contributed by atoms with Crippen molar-refractivity contribution in [1.82, 2.24) is 20.2 Å². The van der Waals surface area contributed by atoms with Crippen molar-refractivity contribution >= 4 is 33.8 Å². The Bertz CT molecular complexity index is 1330. The van der Waals surface area contributed by atoms with Gasteiger partial charge in [0.1, 0.15) is 6.10 Å². The smallest absolute Gasteiger partial charge is 0.414 e. The summed E-state index contributed by atoms with van der Waals surface area (Å²) < 4.78 is 32.5. The van der Waals surface area contributed by atoms with Crippen molar-refractivity contribution in [3.8, 4) is 11.3 Å². The number of nitrogens with one attached hydrogen (secondary N) is 3. The maximum Gasteiger partial charge on any atom is 0.414 e. The molecule has 2 heterocycles. The molecule has 1 atom stereocenters. The Labute approximate surface area is 168 Å². The molecule has 30 heavy (non-hydrogen) atoms. The van der Waals surface area contributed by atoms with Gasteiger partial charge in [0.2, 0.25) is 5.95 Å². The van der Waals surface area contributed by atoms with Crippen LogP contribution >= 0.6 is 0 Å². The number of fused-ring (bicyclic) bond motifs is 2. The molecular weight excluding hydrogens is 396 g/mol. The van der Waals surface area contributed by atoms with E-state index in [2.05, 4.69) is 25.5 Å². The predicted molar refractivity (Wildman–Crippen MR) is 107 cm³/mol. The molecule has 2 aromatic heterocycles. The van der Waals surface area contributed by atoms with Crippen LogP contribution in [0.15, 0.2) is 35.1 Å². The van der Waals surface area contributed by atoms with E-state index in [4.69, 9.17) is 4.74 Å². The average molecular weight is 413 g/mol. The van der Waals surface area contributed by atoms with Crippen LogP contribution in [0.3, 0.4) is 0 Å². The first-order valence-electron chi connectivity index (χ1n) is 9.21. The van der Waals surface area contributed by atoms with Crippen LogP contribution in [0.25, 0.3) is 33.1 Å². The molecule has 1 unspecified atom stereocenters. The summed E-state index contributed by atoms with van der Waals surface area (Å²) >= 11 is 0. The van der Waals surface area contributed by atoms with Gasteiger partial charge < -0.3 is 9.72 Å². The highest BCUT2D eigenvalue weighted by molar-refractivity contribution is 5.96. The number of ether oxygens (including phenoxy) is 1. The SMILES string of the molecule is CCC(C)OC(=O)Nc1nc2ccc(-c3n[nH]c(=O)c4cc(F)c(F)cc34)cc2[nH]1. The van der Waals surface area contributed by atoms with E-state index in [0.717, 1.165) is 12.1 Å². The first-order chi connectivity index (χ1) is 14.4. The van der Waals surface area contributed by atoms with Gasteiger partial charge in [-0.1, -0.05) is 13.0 Å². The number of halogens is 2. The Hall–Kier alpha value is -3.82. The Kier molecular flexibility index (Phi) is 4.90. The highest BCUT2D eigenvalue weighted by atomic mass is 19.2. The van der Waals surface area contributed by atoms with Gasteiger partial charge in [0.25, 0.3) is 5.56 Å². The highest BCUT2D eigenvalue weighted by Gasteiger charge is 2.15. The van der Waals surface area contributed by atoms with Crippen molar-refractivity contribution in [2.24, 2.45) is 0 Å². The van der Waals surface area contributed by atoms with Crippen LogP contribution in [-0.2, 0) is 4.74 Å². The van der Waals surface area contributed by atoms with Crippen LogP contribution in [0.4, 0.5) is 19.5 Å². The zero-order valence-corrected chi connectivity index (χ0v) is 16.0. The Balaban J connectivity index is 1.73. The molecule has 4 aromatic rings. The minimum atomic E-state index is -1.12. The number of hydrogen-bond donors (Lipinski definition) is 3. The van der Waals surface area contributed by atoms with E-state index in [1.807, 2.05) is 6.92 Å². The first kappa shape index (κ1) is 19.5. The molecule has 8 nitrogen and oxygen atoms in total. The molecule has 0 saturated carbocycles. The number of benzene rings is 2. The second-order valence-electron chi connectivity index (χ2n) is 6.78. The molecule has 10 heteroatoms. The van der Waals surface area contributed by atoms with Crippen LogP contribution in [0, 0.1) is 11.6 Å². The average Bonchev–Trinajstić information content (AvgIpc) is 3.10. The van der Waals surface area contributed by atoms with Crippen molar-refractivity contribution in [3.05, 3.63) is 52.3 Å². The summed E-state index contributed by atoms with van der Waals surface area (Å²) in [5.74, 6) is -2.00. The fraction of sp³-hybridized carbons (Fsp3) is 0.200. The molecule has 3 N–H and O–H groups in total. The van der Waals surface area contributed by atoms with Crippen LogP contribution < -0.4 is 10.9 Å². The summed E-state index contributed by atoms with van der Waals surface area (Å²) in [5, 5.41) is 8.98. The number of hydrogen-bond acceptors (Lipinski definition) is 5. The van der Waals surface area contributed by atoms with Gasteiger partial charge in [-0.2, -0.15) is 5.10 Å². The molecule has 0 aliphatic heterocycles. The Morgan fingerprint density at radius 1 is 1.20 bits per heavy atom. The van der Waals surface area contributed by atoms with Crippen molar-refractivity contribution in [2.45, 2.75) is 26.4 Å². The van der Waals surface area contributed by atoms with Gasteiger partial charge in [0.05, 0.1) is 22.1 Å². The topological polar surface area (TPSA) is 113 Å². The number of rotatable bonds is 4. The summed E-state index contributed by atoms with van der Waals surface area (Å²) in [6.45, 7) is 3.68. The maximum absolute atomic E-state index is 13.8. The second kappa shape index (κ2) is 7.54. The lowest BCUT2D eigenvalue weighted by Gasteiger charge is -2.10. The van der Waals surface area contributed by atoms with Crippen LogP contribution in [0.2, 0.25) is 0 Å². The highest BCUT2D eigenvalue weighted by Crippen LogP contribution is 2.28. The lowest BCUT2D eigenvalue weighted by atomic mass is 10.0. The lowest BCUT2D eigenvalue weighted by molar-refractivity contribution is 0.118. The summed E-state index contributed by atoms with van der Waals surface area (Å²) in [5.41, 5.74) is 1.30. The van der Waals surface area contributed by atoms with E-state index in [1.54, 1.807) is 25.1 Å². The summed E-state index contributed by atoms with van der Waals surface area (Å²) in [7, 11) is 0. The van der Waals surface area contributed by atoms with E-state index in [9.17, 15) is 18.4 Å². The standard InChI is InChI=1S/C20H17F2N5O3/c1-3-9(2)30-20(29)25-19-23-15-5-4-10(6-16(15)24-19)17-11-7-13(21)14(22)8-12(11)18(28)27-26-17/h4-9H,3H2,1-2H3,(H,27,28)(H2,23,24,25,29). The van der Waals surface area contributed by atoms with Gasteiger partial charge in [0, 0.05) is 10.9 Å². The van der Waals surface area contributed by atoms with Gasteiger partial charge in [-0.15, -0.1) is 0 Å². The first-order valence-corrected chi connectivity index (χ1v) is 9.21. The molecule has 0 spiro atoms. The molecule has 0 bridgehead atoms. The normalized spacial score (nSPS) is 12.3. The summed E-state index contributed by atoms with van der Waals surface area (Å²) in [6, 6.07) is 6.80. The molecule has 4 rings (SSSR count). The molecule has 0 aliphatic rings. The van der Waals surface area contributed by atoms with Gasteiger partial charge in [-0.25, -0.2) is 23.7 Å². The van der Waals surface area contributed by atoms with Crippen LogP contribution in [-0.4, -0.2) is 32.4 Å². The fourth-order valence-corrected chi connectivity index (χ4v) is 2.99. The second-order valence-corrected chi connectivity index (χ2v) is 6.78. The number of anilines is 1. The van der Waals surface area contributed by atoms with Gasteiger partial charge in [0.15, 0.2) is 11.6 Å². The zero-order chi connectivity index (χ0) is 21.4. The number of amides is 1. The van der Waals surface area contributed by atoms with Gasteiger partial charge in [-0.05, 0) is 37.6 Å². The minimum Gasteiger partial charge on any atom is -0.446 e. The third kappa shape index (κ3) is 3.59. The van der Waals surface area contributed by atoms with Crippen LogP contribution in [0.1, 0.15) is 20.3 Å². The van der Waals surface area contributed by atoms with Gasteiger partial charge >= 0.3 is 6.09 Å². The number of aromatic amines is 2. The molecule has 0 aliphatic carbocycles. The fourth-order valence-electron chi connectivity index (χ4n) is 2.99. The third-order valence-electron chi connectivity index (χ3n) is 4.69. The number of H-pyrrole nitrogens is 2. The molecule has 1 amide bonds. The quantitative estimate of drug-likeness (QED) is 0.466. The van der Waals surface area contributed by atoms with Crippen molar-refractivity contribution in [2.75, 3.05) is 5.32 Å². The summed E-state index contributed by atoms with van der Waals surface area (Å²) in [4.78, 5) is 31.1. The number of nitrogens with zero attached hydrogens (tertiary/aromatic N) is 2. The molecule has 154 valence electrons. The molecule has 0 radical (unpaired) electrons. The molecule has 0 fully saturated rings. The van der Waals surface area contributed by atoms with Crippen LogP contribution in [0.5, 0.6) is 0 Å². The van der Waals surface area contributed by atoms with Gasteiger partial charge in [-0.3, -0.25) is 10.1 Å². The van der Waals surface area contributed by atoms with E-state index >= 15 is 0 Å². The van der Waals surface area contributed by atoms with E-state index in [-0.39, 0.29) is 28.5 Å². The largest absolute Gasteiger partial charge is 0.446 e. The Morgan fingerprint density at radius 3 is 2.67 bits per heavy atom.